The van der Waals surface area contributed by atoms with E-state index in [4.69, 9.17) is 14.2 Å². The average Bonchev–Trinajstić information content (AvgIpc) is 3.12. The first-order valence-electron chi connectivity index (χ1n) is 22.8. The molecule has 0 saturated heterocycles. The minimum Gasteiger partial charge on any atom is -0.462 e. The first-order chi connectivity index (χ1) is 25.3. The van der Waals surface area contributed by atoms with E-state index in [2.05, 4.69) is 34.6 Å². The van der Waals surface area contributed by atoms with Crippen LogP contribution in [0.25, 0.3) is 0 Å². The summed E-state index contributed by atoms with van der Waals surface area (Å²) in [6, 6.07) is 0. The van der Waals surface area contributed by atoms with E-state index in [1.165, 1.54) is 135 Å². The van der Waals surface area contributed by atoms with Gasteiger partial charge in [-0.3, -0.25) is 14.4 Å². The van der Waals surface area contributed by atoms with E-state index in [-0.39, 0.29) is 31.1 Å². The first kappa shape index (κ1) is 50.4. The van der Waals surface area contributed by atoms with Crippen molar-refractivity contribution < 1.29 is 28.6 Å². The second-order valence-corrected chi connectivity index (χ2v) is 16.4. The molecule has 0 aliphatic carbocycles. The smallest absolute Gasteiger partial charge is 0.306 e. The topological polar surface area (TPSA) is 78.9 Å². The number of carbonyl (C=O) groups is 3. The van der Waals surface area contributed by atoms with Gasteiger partial charge in [-0.1, -0.05) is 208 Å². The van der Waals surface area contributed by atoms with Crippen LogP contribution in [0.2, 0.25) is 0 Å². The van der Waals surface area contributed by atoms with E-state index in [9.17, 15) is 14.4 Å². The van der Waals surface area contributed by atoms with Crippen LogP contribution >= 0.6 is 0 Å². The largest absolute Gasteiger partial charge is 0.462 e. The normalized spacial score (nSPS) is 12.6. The molecule has 0 radical (unpaired) electrons. The molecule has 0 bridgehead atoms. The Morgan fingerprint density at radius 3 is 1.10 bits per heavy atom. The fourth-order valence-electron chi connectivity index (χ4n) is 6.72. The standard InChI is InChI=1S/C46H88O6/c1-6-8-9-10-11-12-17-20-26-31-36-44(47)50-39-43(52-46(49)38-33-28-23-22-25-30-35-42(5)7-2)40-51-45(48)37-32-27-21-18-15-13-14-16-19-24-29-34-41(3)4/h41-43H,6-40H2,1-5H3/t42?,43-/m1/s1. The van der Waals surface area contributed by atoms with Crippen molar-refractivity contribution in [3.63, 3.8) is 0 Å². The Morgan fingerprint density at radius 1 is 0.404 bits per heavy atom. The average molecular weight is 737 g/mol. The molecular formula is C46H88O6. The van der Waals surface area contributed by atoms with Crippen LogP contribution in [0.3, 0.4) is 0 Å². The zero-order valence-corrected chi connectivity index (χ0v) is 35.4. The van der Waals surface area contributed by atoms with Crippen molar-refractivity contribution in [1.29, 1.82) is 0 Å². The van der Waals surface area contributed by atoms with E-state index in [1.54, 1.807) is 0 Å². The van der Waals surface area contributed by atoms with Gasteiger partial charge in [-0.15, -0.1) is 0 Å². The molecule has 6 heteroatoms. The number of esters is 3. The zero-order valence-electron chi connectivity index (χ0n) is 35.4. The van der Waals surface area contributed by atoms with Crippen LogP contribution in [0.4, 0.5) is 0 Å². The lowest BCUT2D eigenvalue weighted by Gasteiger charge is -2.18. The molecule has 308 valence electrons. The van der Waals surface area contributed by atoms with E-state index in [0.29, 0.717) is 19.3 Å². The highest BCUT2D eigenvalue weighted by molar-refractivity contribution is 5.71. The molecule has 0 fully saturated rings. The van der Waals surface area contributed by atoms with Gasteiger partial charge in [0.25, 0.3) is 0 Å². The Hall–Kier alpha value is -1.59. The highest BCUT2D eigenvalue weighted by atomic mass is 16.6. The van der Waals surface area contributed by atoms with Crippen LogP contribution in [0.5, 0.6) is 0 Å². The molecule has 0 aliphatic heterocycles. The minimum atomic E-state index is -0.760. The van der Waals surface area contributed by atoms with Gasteiger partial charge in [0.05, 0.1) is 0 Å². The van der Waals surface area contributed by atoms with Crippen LogP contribution in [0, 0.1) is 11.8 Å². The number of ether oxygens (including phenoxy) is 3. The van der Waals surface area contributed by atoms with Crippen molar-refractivity contribution in [1.82, 2.24) is 0 Å². The van der Waals surface area contributed by atoms with Crippen molar-refractivity contribution in [3.05, 3.63) is 0 Å². The summed E-state index contributed by atoms with van der Waals surface area (Å²) < 4.78 is 16.7. The van der Waals surface area contributed by atoms with Gasteiger partial charge in [0.1, 0.15) is 13.2 Å². The molecule has 0 aromatic rings. The van der Waals surface area contributed by atoms with Gasteiger partial charge in [-0.05, 0) is 31.1 Å². The fraction of sp³-hybridized carbons (Fsp3) is 0.935. The van der Waals surface area contributed by atoms with Gasteiger partial charge in [0.15, 0.2) is 6.10 Å². The number of rotatable bonds is 40. The van der Waals surface area contributed by atoms with E-state index in [0.717, 1.165) is 69.6 Å². The number of unbranched alkanes of at least 4 members (excludes halogenated alkanes) is 24. The summed E-state index contributed by atoms with van der Waals surface area (Å²) in [6.45, 7) is 11.3. The second kappa shape index (κ2) is 39.1. The summed E-state index contributed by atoms with van der Waals surface area (Å²) in [5.74, 6) is 0.775. The lowest BCUT2D eigenvalue weighted by molar-refractivity contribution is -0.167. The Kier molecular flexibility index (Phi) is 37.9. The third kappa shape index (κ3) is 38.1. The van der Waals surface area contributed by atoms with Crippen molar-refractivity contribution >= 4 is 17.9 Å². The Bertz CT molecular complexity index is 796. The van der Waals surface area contributed by atoms with Crippen molar-refractivity contribution in [2.45, 2.75) is 253 Å². The van der Waals surface area contributed by atoms with E-state index >= 15 is 0 Å². The van der Waals surface area contributed by atoms with Gasteiger partial charge >= 0.3 is 17.9 Å². The highest BCUT2D eigenvalue weighted by Crippen LogP contribution is 2.17. The Labute approximate surface area is 323 Å². The third-order valence-electron chi connectivity index (χ3n) is 10.6. The molecule has 0 N–H and O–H groups in total. The predicted molar refractivity (Wildman–Crippen MR) is 220 cm³/mol. The first-order valence-corrected chi connectivity index (χ1v) is 22.8. The molecule has 0 amide bonds. The van der Waals surface area contributed by atoms with Crippen molar-refractivity contribution in [3.8, 4) is 0 Å². The number of carbonyl (C=O) groups excluding carboxylic acids is 3. The Morgan fingerprint density at radius 2 is 0.731 bits per heavy atom. The maximum Gasteiger partial charge on any atom is 0.306 e. The third-order valence-corrected chi connectivity index (χ3v) is 10.6. The van der Waals surface area contributed by atoms with Crippen LogP contribution in [-0.4, -0.2) is 37.2 Å². The fourth-order valence-corrected chi connectivity index (χ4v) is 6.72. The molecule has 2 atom stereocenters. The maximum absolute atomic E-state index is 12.7. The van der Waals surface area contributed by atoms with Crippen LogP contribution in [0.1, 0.15) is 247 Å². The molecule has 0 aromatic heterocycles. The Balaban J connectivity index is 4.32. The van der Waals surface area contributed by atoms with Crippen LogP contribution in [0.15, 0.2) is 0 Å². The van der Waals surface area contributed by atoms with Crippen LogP contribution in [-0.2, 0) is 28.6 Å². The lowest BCUT2D eigenvalue weighted by atomic mass is 10.00. The SMILES string of the molecule is CCCCCCCCCCCCC(=O)OC[C@H](COC(=O)CCCCCCCCCCCCCC(C)C)OC(=O)CCCCCCCCC(C)CC. The quantitative estimate of drug-likeness (QED) is 0.0354. The van der Waals surface area contributed by atoms with E-state index < -0.39 is 6.10 Å². The van der Waals surface area contributed by atoms with E-state index in [1.807, 2.05) is 0 Å². The summed E-state index contributed by atoms with van der Waals surface area (Å²) in [5.41, 5.74) is 0. The highest BCUT2D eigenvalue weighted by Gasteiger charge is 2.19. The van der Waals surface area contributed by atoms with Crippen molar-refractivity contribution in [2.24, 2.45) is 11.8 Å². The minimum absolute atomic E-state index is 0.0657. The van der Waals surface area contributed by atoms with Gasteiger partial charge in [-0.25, -0.2) is 0 Å². The molecule has 52 heavy (non-hydrogen) atoms. The predicted octanol–water partition coefficient (Wildman–Crippen LogP) is 14.2. The molecule has 0 rings (SSSR count). The number of hydrogen-bond donors (Lipinski definition) is 0. The second-order valence-electron chi connectivity index (χ2n) is 16.4. The van der Waals surface area contributed by atoms with Gasteiger partial charge in [0, 0.05) is 19.3 Å². The molecule has 0 spiro atoms. The summed E-state index contributed by atoms with van der Waals surface area (Å²) in [4.78, 5) is 37.7. The molecule has 6 nitrogen and oxygen atoms in total. The molecule has 0 aromatic carbocycles. The van der Waals surface area contributed by atoms with Gasteiger partial charge < -0.3 is 14.2 Å². The summed E-state index contributed by atoms with van der Waals surface area (Å²) in [7, 11) is 0. The molecule has 0 aliphatic rings. The lowest BCUT2D eigenvalue weighted by Crippen LogP contribution is -2.30. The summed E-state index contributed by atoms with van der Waals surface area (Å²) in [5, 5.41) is 0. The summed E-state index contributed by atoms with van der Waals surface area (Å²) in [6.07, 6.45) is 36.6. The maximum atomic E-state index is 12.7. The van der Waals surface area contributed by atoms with Gasteiger partial charge in [0.2, 0.25) is 0 Å². The molecule has 0 heterocycles. The molecular weight excluding hydrogens is 648 g/mol. The summed E-state index contributed by atoms with van der Waals surface area (Å²) >= 11 is 0. The van der Waals surface area contributed by atoms with Gasteiger partial charge in [-0.2, -0.15) is 0 Å². The molecule has 1 unspecified atom stereocenters. The van der Waals surface area contributed by atoms with Crippen molar-refractivity contribution in [2.75, 3.05) is 13.2 Å². The zero-order chi connectivity index (χ0) is 38.3. The molecule has 0 saturated carbocycles. The monoisotopic (exact) mass is 737 g/mol. The number of hydrogen-bond acceptors (Lipinski definition) is 6. The van der Waals surface area contributed by atoms with Crippen LogP contribution < -0.4 is 0 Å².